The number of likely N-dealkylation sites (N-methyl/N-ethyl adjacent to an activating group) is 1. The van der Waals surface area contributed by atoms with Crippen LogP contribution in [0.2, 0.25) is 0 Å². The maximum atomic E-state index is 12.4. The van der Waals surface area contributed by atoms with Crippen LogP contribution in [0.15, 0.2) is 6.07 Å². The van der Waals surface area contributed by atoms with E-state index in [1.165, 1.54) is 4.90 Å². The highest BCUT2D eigenvalue weighted by molar-refractivity contribution is 5.95. The lowest BCUT2D eigenvalue weighted by Gasteiger charge is -2.45. The van der Waals surface area contributed by atoms with Crippen molar-refractivity contribution in [2.75, 3.05) is 39.8 Å². The van der Waals surface area contributed by atoms with Gasteiger partial charge in [-0.1, -0.05) is 0 Å². The molecular formula is C17H24N6O3. The maximum Gasteiger partial charge on any atom is 0.317 e. The van der Waals surface area contributed by atoms with Gasteiger partial charge in [0, 0.05) is 44.5 Å². The number of carbonyl (C=O) groups is 3. The molecule has 1 atom stereocenters. The first-order valence-electron chi connectivity index (χ1n) is 8.73. The second-order valence-corrected chi connectivity index (χ2v) is 6.79. The van der Waals surface area contributed by atoms with Gasteiger partial charge in [0.15, 0.2) is 0 Å². The molecule has 9 heteroatoms. The van der Waals surface area contributed by atoms with Crippen LogP contribution in [0, 0.1) is 13.8 Å². The molecule has 2 aliphatic heterocycles. The highest BCUT2D eigenvalue weighted by Crippen LogP contribution is 2.17. The van der Waals surface area contributed by atoms with Crippen LogP contribution in [0.3, 0.4) is 0 Å². The zero-order valence-corrected chi connectivity index (χ0v) is 15.4. The number of carbonyl (C=O) groups excluding carboxylic acids is 3. The summed E-state index contributed by atoms with van der Waals surface area (Å²) in [6.07, 6.45) is 0.539. The SMILES string of the molecule is Cc1cc(C)nc(CCNC(=O)N2CCN3C(=O)CN(C)C(=O)[C@H]3C2)n1. The van der Waals surface area contributed by atoms with Crippen molar-refractivity contribution in [1.29, 1.82) is 0 Å². The van der Waals surface area contributed by atoms with Crippen LogP contribution in [0.4, 0.5) is 4.79 Å². The van der Waals surface area contributed by atoms with E-state index in [-0.39, 0.29) is 30.9 Å². The van der Waals surface area contributed by atoms with E-state index in [0.717, 1.165) is 11.4 Å². The van der Waals surface area contributed by atoms with Crippen LogP contribution in [0.1, 0.15) is 17.2 Å². The Hall–Kier alpha value is -2.71. The largest absolute Gasteiger partial charge is 0.338 e. The van der Waals surface area contributed by atoms with Gasteiger partial charge < -0.3 is 20.0 Å². The van der Waals surface area contributed by atoms with Gasteiger partial charge in [-0.25, -0.2) is 14.8 Å². The Balaban J connectivity index is 1.54. The topological polar surface area (TPSA) is 98.7 Å². The Morgan fingerprint density at radius 2 is 1.92 bits per heavy atom. The highest BCUT2D eigenvalue weighted by atomic mass is 16.2. The second-order valence-electron chi connectivity index (χ2n) is 6.79. The van der Waals surface area contributed by atoms with Crippen molar-refractivity contribution < 1.29 is 14.4 Å². The number of fused-ring (bicyclic) bond motifs is 1. The standard InChI is InChI=1S/C17H24N6O3/c1-11-8-12(2)20-14(19-11)4-5-18-17(26)22-6-7-23-13(9-22)16(25)21(3)10-15(23)24/h8,13H,4-7,9-10H2,1-3H3,(H,18,26)/t13-/m1/s1. The smallest absolute Gasteiger partial charge is 0.317 e. The predicted octanol–water partition coefficient (Wildman–Crippen LogP) is -0.670. The molecule has 0 aromatic carbocycles. The number of nitrogens with zero attached hydrogens (tertiary/aromatic N) is 5. The Morgan fingerprint density at radius 3 is 2.62 bits per heavy atom. The molecule has 2 saturated heterocycles. The van der Waals surface area contributed by atoms with Crippen LogP contribution in [-0.4, -0.2) is 88.3 Å². The van der Waals surface area contributed by atoms with E-state index < -0.39 is 6.04 Å². The lowest BCUT2D eigenvalue weighted by Crippen LogP contribution is -2.67. The first kappa shape index (κ1) is 18.1. The van der Waals surface area contributed by atoms with Gasteiger partial charge in [-0.2, -0.15) is 0 Å². The van der Waals surface area contributed by atoms with Gasteiger partial charge in [-0.3, -0.25) is 9.59 Å². The van der Waals surface area contributed by atoms with Gasteiger partial charge in [0.25, 0.3) is 0 Å². The molecule has 2 fully saturated rings. The number of piperazine rings is 2. The number of hydrogen-bond donors (Lipinski definition) is 1. The molecule has 3 heterocycles. The highest BCUT2D eigenvalue weighted by Gasteiger charge is 2.42. The lowest BCUT2D eigenvalue weighted by atomic mass is 10.1. The normalized spacial score (nSPS) is 20.3. The lowest BCUT2D eigenvalue weighted by molar-refractivity contribution is -0.157. The summed E-state index contributed by atoms with van der Waals surface area (Å²) < 4.78 is 0. The molecule has 3 rings (SSSR count). The third-order valence-electron chi connectivity index (χ3n) is 4.68. The predicted molar refractivity (Wildman–Crippen MR) is 93.3 cm³/mol. The minimum Gasteiger partial charge on any atom is -0.338 e. The van der Waals surface area contributed by atoms with Crippen molar-refractivity contribution in [2.24, 2.45) is 0 Å². The molecular weight excluding hydrogens is 336 g/mol. The summed E-state index contributed by atoms with van der Waals surface area (Å²) in [6, 6.07) is 1.09. The Kier molecular flexibility index (Phi) is 5.06. The van der Waals surface area contributed by atoms with Crippen LogP contribution >= 0.6 is 0 Å². The van der Waals surface area contributed by atoms with E-state index >= 15 is 0 Å². The molecule has 0 bridgehead atoms. The van der Waals surface area contributed by atoms with Crippen LogP contribution in [-0.2, 0) is 16.0 Å². The van der Waals surface area contributed by atoms with Crippen molar-refractivity contribution in [2.45, 2.75) is 26.3 Å². The van der Waals surface area contributed by atoms with Gasteiger partial charge >= 0.3 is 6.03 Å². The van der Waals surface area contributed by atoms with Gasteiger partial charge in [-0.05, 0) is 19.9 Å². The number of hydrogen-bond acceptors (Lipinski definition) is 5. The fraction of sp³-hybridized carbons (Fsp3) is 0.588. The molecule has 2 aliphatic rings. The summed E-state index contributed by atoms with van der Waals surface area (Å²) in [5.74, 6) is 0.511. The van der Waals surface area contributed by atoms with Gasteiger partial charge in [-0.15, -0.1) is 0 Å². The number of rotatable bonds is 3. The van der Waals surface area contributed by atoms with Crippen molar-refractivity contribution >= 4 is 17.8 Å². The van der Waals surface area contributed by atoms with E-state index in [2.05, 4.69) is 15.3 Å². The summed E-state index contributed by atoms with van der Waals surface area (Å²) in [5, 5.41) is 2.85. The number of amides is 4. The van der Waals surface area contributed by atoms with Gasteiger partial charge in [0.05, 0.1) is 13.1 Å². The number of aromatic nitrogens is 2. The first-order valence-corrected chi connectivity index (χ1v) is 8.73. The van der Waals surface area contributed by atoms with Crippen molar-refractivity contribution in [3.63, 3.8) is 0 Å². The molecule has 1 aromatic heterocycles. The van der Waals surface area contributed by atoms with Crippen molar-refractivity contribution in [1.82, 2.24) is 30.0 Å². The number of aryl methyl sites for hydroxylation is 2. The van der Waals surface area contributed by atoms with Crippen LogP contribution in [0.5, 0.6) is 0 Å². The van der Waals surface area contributed by atoms with E-state index in [9.17, 15) is 14.4 Å². The molecule has 0 radical (unpaired) electrons. The second kappa shape index (κ2) is 7.27. The summed E-state index contributed by atoms with van der Waals surface area (Å²) in [5.41, 5.74) is 1.80. The van der Waals surface area contributed by atoms with Crippen molar-refractivity contribution in [3.05, 3.63) is 23.3 Å². The molecule has 1 N–H and O–H groups in total. The summed E-state index contributed by atoms with van der Waals surface area (Å²) in [4.78, 5) is 50.0. The molecule has 0 saturated carbocycles. The first-order chi connectivity index (χ1) is 12.3. The van der Waals surface area contributed by atoms with E-state index in [1.807, 2.05) is 19.9 Å². The van der Waals surface area contributed by atoms with Crippen LogP contribution in [0.25, 0.3) is 0 Å². The Labute approximate surface area is 152 Å². The van der Waals surface area contributed by atoms with E-state index in [0.29, 0.717) is 31.9 Å². The maximum absolute atomic E-state index is 12.4. The molecule has 1 aromatic rings. The Bertz CT molecular complexity index is 717. The van der Waals surface area contributed by atoms with E-state index in [1.54, 1.807) is 16.8 Å². The number of nitrogens with one attached hydrogen (secondary N) is 1. The molecule has 0 spiro atoms. The molecule has 0 aliphatic carbocycles. The zero-order valence-electron chi connectivity index (χ0n) is 15.4. The van der Waals surface area contributed by atoms with Crippen LogP contribution < -0.4 is 5.32 Å². The summed E-state index contributed by atoms with van der Waals surface area (Å²) in [7, 11) is 1.61. The molecule has 9 nitrogen and oxygen atoms in total. The average Bonchev–Trinajstić information content (AvgIpc) is 2.58. The molecule has 4 amide bonds. The quantitative estimate of drug-likeness (QED) is 0.771. The average molecular weight is 360 g/mol. The van der Waals surface area contributed by atoms with Gasteiger partial charge in [0.2, 0.25) is 11.8 Å². The number of urea groups is 1. The summed E-state index contributed by atoms with van der Waals surface area (Å²) >= 11 is 0. The molecule has 0 unspecified atom stereocenters. The third-order valence-corrected chi connectivity index (χ3v) is 4.68. The van der Waals surface area contributed by atoms with Crippen molar-refractivity contribution in [3.8, 4) is 0 Å². The minimum atomic E-state index is -0.580. The zero-order chi connectivity index (χ0) is 18.8. The third kappa shape index (κ3) is 3.76. The fourth-order valence-corrected chi connectivity index (χ4v) is 3.41. The Morgan fingerprint density at radius 1 is 1.23 bits per heavy atom. The minimum absolute atomic E-state index is 0.0656. The monoisotopic (exact) mass is 360 g/mol. The molecule has 140 valence electrons. The summed E-state index contributed by atoms with van der Waals surface area (Å²) in [6.45, 7) is 5.38. The van der Waals surface area contributed by atoms with E-state index in [4.69, 9.17) is 0 Å². The fourth-order valence-electron chi connectivity index (χ4n) is 3.41. The van der Waals surface area contributed by atoms with Gasteiger partial charge in [0.1, 0.15) is 11.9 Å². The molecule has 26 heavy (non-hydrogen) atoms.